The molecule has 2 heterocycles. The molecule has 114 valence electrons. The first-order chi connectivity index (χ1) is 9.90. The van der Waals surface area contributed by atoms with E-state index < -0.39 is 22.0 Å². The lowest BCUT2D eigenvalue weighted by Crippen LogP contribution is -2.46. The van der Waals surface area contributed by atoms with Crippen LogP contribution in [0.4, 0.5) is 5.13 Å². The Kier molecular flexibility index (Phi) is 5.09. The summed E-state index contributed by atoms with van der Waals surface area (Å²) in [4.78, 5) is 16.2. The highest BCUT2D eigenvalue weighted by atomic mass is 32.2. The molecule has 9 heteroatoms. The smallest absolute Gasteiger partial charge is 0.250 e. The summed E-state index contributed by atoms with van der Waals surface area (Å²) in [5.41, 5.74) is 0. The van der Waals surface area contributed by atoms with Gasteiger partial charge in [0.2, 0.25) is 5.91 Å². The molecule has 2 aromatic heterocycles. The number of anilines is 1. The van der Waals surface area contributed by atoms with Crippen molar-refractivity contribution < 1.29 is 13.2 Å². The third-order valence-electron chi connectivity index (χ3n) is 2.65. The van der Waals surface area contributed by atoms with Gasteiger partial charge in [0.15, 0.2) is 5.13 Å². The minimum atomic E-state index is -3.69. The number of rotatable bonds is 6. The van der Waals surface area contributed by atoms with Crippen molar-refractivity contribution in [1.82, 2.24) is 9.71 Å². The minimum absolute atomic E-state index is 0.190. The van der Waals surface area contributed by atoms with Gasteiger partial charge in [0.05, 0.1) is 0 Å². The predicted octanol–water partition coefficient (Wildman–Crippen LogP) is 2.15. The van der Waals surface area contributed by atoms with E-state index in [1.54, 1.807) is 36.9 Å². The molecule has 2 N–H and O–H groups in total. The molecule has 6 nitrogen and oxygen atoms in total. The number of amides is 1. The van der Waals surface area contributed by atoms with Crippen LogP contribution in [0.5, 0.6) is 0 Å². The fourth-order valence-corrected chi connectivity index (χ4v) is 4.49. The maximum absolute atomic E-state index is 12.2. The molecule has 1 atom stereocenters. The quantitative estimate of drug-likeness (QED) is 0.839. The molecule has 2 rings (SSSR count). The molecule has 0 unspecified atom stereocenters. The van der Waals surface area contributed by atoms with Gasteiger partial charge >= 0.3 is 0 Å². The average molecular weight is 345 g/mol. The number of sulfonamides is 1. The van der Waals surface area contributed by atoms with Gasteiger partial charge in [-0.1, -0.05) is 19.9 Å². The number of nitrogens with zero attached hydrogens (tertiary/aromatic N) is 1. The van der Waals surface area contributed by atoms with E-state index in [1.165, 1.54) is 17.4 Å². The second-order valence-electron chi connectivity index (χ2n) is 4.60. The summed E-state index contributed by atoms with van der Waals surface area (Å²) < 4.78 is 27.1. The van der Waals surface area contributed by atoms with Gasteiger partial charge in [-0.15, -0.1) is 22.7 Å². The Bertz CT molecular complexity index is 679. The van der Waals surface area contributed by atoms with Gasteiger partial charge in [0.25, 0.3) is 10.0 Å². The van der Waals surface area contributed by atoms with Crippen LogP contribution in [-0.2, 0) is 14.8 Å². The molecule has 0 saturated carbocycles. The van der Waals surface area contributed by atoms with Crippen molar-refractivity contribution in [2.45, 2.75) is 24.1 Å². The van der Waals surface area contributed by atoms with Crippen molar-refractivity contribution in [3.8, 4) is 0 Å². The first-order valence-electron chi connectivity index (χ1n) is 6.16. The fourth-order valence-electron chi connectivity index (χ4n) is 1.60. The van der Waals surface area contributed by atoms with Gasteiger partial charge in [0, 0.05) is 11.6 Å². The number of carbonyl (C=O) groups excluding carboxylic acids is 1. The van der Waals surface area contributed by atoms with E-state index in [-0.39, 0.29) is 10.1 Å². The first-order valence-corrected chi connectivity index (χ1v) is 9.40. The summed E-state index contributed by atoms with van der Waals surface area (Å²) in [5.74, 6) is -0.611. The highest BCUT2D eigenvalue weighted by Crippen LogP contribution is 2.18. The molecule has 0 saturated heterocycles. The number of hydrogen-bond donors (Lipinski definition) is 2. The average Bonchev–Trinajstić information content (AvgIpc) is 3.08. The van der Waals surface area contributed by atoms with Gasteiger partial charge in [-0.2, -0.15) is 4.72 Å². The Morgan fingerprint density at radius 3 is 2.57 bits per heavy atom. The standard InChI is InChI=1S/C12H15N3O3S3/c1-8(2)10(11(16)14-12-13-5-7-20-12)15-21(17,18)9-4-3-6-19-9/h3-8,10,15H,1-2H3,(H,13,14,16)/t10-/m0/s1. The van der Waals surface area contributed by atoms with E-state index in [4.69, 9.17) is 0 Å². The minimum Gasteiger partial charge on any atom is -0.301 e. The molecule has 0 radical (unpaired) electrons. The fraction of sp³-hybridized carbons (Fsp3) is 0.333. The number of carbonyl (C=O) groups is 1. The number of nitrogens with one attached hydrogen (secondary N) is 2. The summed E-state index contributed by atoms with van der Waals surface area (Å²) in [6.07, 6.45) is 1.57. The summed E-state index contributed by atoms with van der Waals surface area (Å²) >= 11 is 2.39. The van der Waals surface area contributed by atoms with E-state index in [1.807, 2.05) is 0 Å². The van der Waals surface area contributed by atoms with Crippen molar-refractivity contribution in [1.29, 1.82) is 0 Å². The SMILES string of the molecule is CC(C)[C@H](NS(=O)(=O)c1cccs1)C(=O)Nc1nccs1. The lowest BCUT2D eigenvalue weighted by Gasteiger charge is -2.20. The number of aromatic nitrogens is 1. The third kappa shape index (κ3) is 4.10. The molecule has 0 aromatic carbocycles. The zero-order chi connectivity index (χ0) is 15.5. The molecular formula is C12H15N3O3S3. The Morgan fingerprint density at radius 1 is 1.29 bits per heavy atom. The van der Waals surface area contributed by atoms with Crippen LogP contribution in [0.25, 0.3) is 0 Å². The van der Waals surface area contributed by atoms with Crippen molar-refractivity contribution in [2.24, 2.45) is 5.92 Å². The van der Waals surface area contributed by atoms with Crippen LogP contribution in [0.15, 0.2) is 33.3 Å². The molecular weight excluding hydrogens is 330 g/mol. The first kappa shape index (κ1) is 16.1. The Balaban J connectivity index is 2.14. The summed E-state index contributed by atoms with van der Waals surface area (Å²) in [5, 5.41) is 6.47. The molecule has 1 amide bonds. The van der Waals surface area contributed by atoms with Gasteiger partial charge in [-0.3, -0.25) is 4.79 Å². The Labute approximate surface area is 131 Å². The number of thiophene rings is 1. The Hall–Kier alpha value is -1.29. The Morgan fingerprint density at radius 2 is 2.05 bits per heavy atom. The second-order valence-corrected chi connectivity index (χ2v) is 8.38. The summed E-state index contributed by atoms with van der Waals surface area (Å²) in [6.45, 7) is 3.56. The van der Waals surface area contributed by atoms with Crippen LogP contribution in [0, 0.1) is 5.92 Å². The van der Waals surface area contributed by atoms with Gasteiger partial charge in [0.1, 0.15) is 10.3 Å². The van der Waals surface area contributed by atoms with E-state index in [9.17, 15) is 13.2 Å². The van der Waals surface area contributed by atoms with Crippen LogP contribution in [0.2, 0.25) is 0 Å². The monoisotopic (exact) mass is 345 g/mol. The summed E-state index contributed by atoms with van der Waals surface area (Å²) in [6, 6.07) is 2.29. The van der Waals surface area contributed by atoms with Gasteiger partial charge in [-0.25, -0.2) is 13.4 Å². The van der Waals surface area contributed by atoms with Crippen molar-refractivity contribution in [2.75, 3.05) is 5.32 Å². The van der Waals surface area contributed by atoms with E-state index in [2.05, 4.69) is 15.0 Å². The third-order valence-corrected chi connectivity index (χ3v) is 6.18. The van der Waals surface area contributed by atoms with Gasteiger partial charge in [-0.05, 0) is 17.4 Å². The molecule has 2 aromatic rings. The molecule has 0 spiro atoms. The topological polar surface area (TPSA) is 88.2 Å². The molecule has 0 fully saturated rings. The summed E-state index contributed by atoms with van der Waals surface area (Å²) in [7, 11) is -3.69. The molecule has 0 bridgehead atoms. The van der Waals surface area contributed by atoms with Gasteiger partial charge < -0.3 is 5.32 Å². The normalized spacial score (nSPS) is 13.3. The highest BCUT2D eigenvalue weighted by molar-refractivity contribution is 7.91. The van der Waals surface area contributed by atoms with E-state index in [0.717, 1.165) is 11.3 Å². The highest BCUT2D eigenvalue weighted by Gasteiger charge is 2.29. The number of thiazole rings is 1. The van der Waals surface area contributed by atoms with E-state index >= 15 is 0 Å². The van der Waals surface area contributed by atoms with Crippen molar-refractivity contribution in [3.05, 3.63) is 29.1 Å². The van der Waals surface area contributed by atoms with Crippen molar-refractivity contribution in [3.63, 3.8) is 0 Å². The van der Waals surface area contributed by atoms with E-state index in [0.29, 0.717) is 5.13 Å². The second kappa shape index (κ2) is 6.65. The zero-order valence-corrected chi connectivity index (χ0v) is 13.9. The maximum Gasteiger partial charge on any atom is 0.250 e. The molecule has 21 heavy (non-hydrogen) atoms. The zero-order valence-electron chi connectivity index (χ0n) is 11.4. The largest absolute Gasteiger partial charge is 0.301 e. The van der Waals surface area contributed by atoms with Crippen LogP contribution in [0.1, 0.15) is 13.8 Å². The van der Waals surface area contributed by atoms with Crippen LogP contribution < -0.4 is 10.0 Å². The molecule has 0 aliphatic heterocycles. The lowest BCUT2D eigenvalue weighted by atomic mass is 10.1. The van der Waals surface area contributed by atoms with Crippen molar-refractivity contribution >= 4 is 43.7 Å². The molecule has 0 aliphatic rings. The molecule has 0 aliphatic carbocycles. The maximum atomic E-state index is 12.2. The number of hydrogen-bond acceptors (Lipinski definition) is 6. The predicted molar refractivity (Wildman–Crippen MR) is 84.0 cm³/mol. The lowest BCUT2D eigenvalue weighted by molar-refractivity contribution is -0.118. The van der Waals surface area contributed by atoms with Crippen LogP contribution >= 0.6 is 22.7 Å². The van der Waals surface area contributed by atoms with Crippen LogP contribution in [0.3, 0.4) is 0 Å². The van der Waals surface area contributed by atoms with Crippen LogP contribution in [-0.4, -0.2) is 25.4 Å².